The lowest BCUT2D eigenvalue weighted by molar-refractivity contribution is -0.143. The van der Waals surface area contributed by atoms with Gasteiger partial charge in [0.15, 0.2) is 11.7 Å². The summed E-state index contributed by atoms with van der Waals surface area (Å²) in [5.41, 5.74) is 0.00866. The molecule has 2 heterocycles. The topological polar surface area (TPSA) is 87.5 Å². The summed E-state index contributed by atoms with van der Waals surface area (Å²) in [5, 5.41) is 16.6. The van der Waals surface area contributed by atoms with Gasteiger partial charge in [-0.3, -0.25) is 9.59 Å². The van der Waals surface area contributed by atoms with Crippen LogP contribution in [-0.2, 0) is 14.3 Å². The Hall–Kier alpha value is -1.49. The van der Waals surface area contributed by atoms with E-state index < -0.39 is 17.8 Å². The first-order valence-electron chi connectivity index (χ1n) is 4.80. The minimum Gasteiger partial charge on any atom is -0.480 e. The molecule has 1 saturated heterocycles. The Balaban J connectivity index is 2.03. The van der Waals surface area contributed by atoms with Gasteiger partial charge in [-0.05, 0) is 0 Å². The molecule has 5 atom stereocenters. The summed E-state index contributed by atoms with van der Waals surface area (Å²) in [5.74, 6) is -3.59. The van der Waals surface area contributed by atoms with Crippen LogP contribution in [0.3, 0.4) is 0 Å². The number of carbonyl (C=O) groups is 2. The van der Waals surface area contributed by atoms with E-state index in [-0.39, 0.29) is 29.6 Å². The molecule has 5 heteroatoms. The Bertz CT molecular complexity index is 384. The maximum Gasteiger partial charge on any atom is 0.319 e. The van der Waals surface area contributed by atoms with Crippen molar-refractivity contribution in [2.45, 2.75) is 12.2 Å². The molecule has 3 rings (SSSR count). The Morgan fingerprint density at radius 2 is 1.93 bits per heavy atom. The van der Waals surface area contributed by atoms with Gasteiger partial charge in [-0.2, -0.15) is 0 Å². The van der Waals surface area contributed by atoms with Gasteiger partial charge in [0.1, 0.15) is 0 Å². The summed E-state index contributed by atoms with van der Waals surface area (Å²) >= 11 is 0. The number of ether oxygens (including phenoxy) is 1. The summed E-state index contributed by atoms with van der Waals surface area (Å²) in [6, 6.07) is 0. The van der Waals surface area contributed by atoms with Gasteiger partial charge in [0, 0.05) is 11.6 Å². The molecular weight excluding hydrogens is 198 g/mol. The van der Waals surface area contributed by atoms with Crippen molar-refractivity contribution in [3.05, 3.63) is 12.2 Å². The fraction of sp³-hybridized carbons (Fsp3) is 0.500. The summed E-state index contributed by atoms with van der Waals surface area (Å²) in [6.07, 6.45) is 3.04. The molecule has 5 unspecified atom stereocenters. The number of carboxylic acid groups (broad SMARTS) is 1. The molecule has 3 aliphatic rings. The van der Waals surface area contributed by atoms with Crippen LogP contribution in [-0.4, -0.2) is 34.8 Å². The van der Waals surface area contributed by atoms with E-state index in [1.165, 1.54) is 0 Å². The molecule has 2 bridgehead atoms. The number of fused-ring (bicyclic) bond motifs is 5. The zero-order chi connectivity index (χ0) is 10.7. The van der Waals surface area contributed by atoms with Crippen molar-refractivity contribution >= 4 is 17.5 Å². The Kier molecular flexibility index (Phi) is 1.49. The molecule has 0 radical (unpaired) electrons. The Labute approximate surface area is 85.2 Å². The molecule has 5 nitrogen and oxygen atoms in total. The Morgan fingerprint density at radius 1 is 1.33 bits per heavy atom. The maximum atomic E-state index is 11.8. The van der Waals surface area contributed by atoms with Gasteiger partial charge >= 0.3 is 5.97 Å². The van der Waals surface area contributed by atoms with Gasteiger partial charge in [-0.1, -0.05) is 12.2 Å². The largest absolute Gasteiger partial charge is 0.480 e. The van der Waals surface area contributed by atoms with Crippen LogP contribution in [0.2, 0.25) is 0 Å². The molecule has 0 aromatic heterocycles. The summed E-state index contributed by atoms with van der Waals surface area (Å²) in [4.78, 5) is 22.7. The average Bonchev–Trinajstić information content (AvgIpc) is 2.79. The minimum atomic E-state index is -1.24. The molecule has 1 aliphatic carbocycles. The van der Waals surface area contributed by atoms with Crippen molar-refractivity contribution in [3.8, 4) is 0 Å². The maximum absolute atomic E-state index is 11.8. The van der Waals surface area contributed by atoms with E-state index in [1.807, 2.05) is 6.08 Å². The molecule has 2 aliphatic heterocycles. The number of nitrogens with one attached hydrogen (secondary N) is 1. The standard InChI is InChI=1S/C10H9NO4/c11-8-5-3-1-2-4(15-3)6(5)9(12)7(8)10(13)14/h1-7,11H,(H,13,14). The summed E-state index contributed by atoms with van der Waals surface area (Å²) in [6.45, 7) is 0. The van der Waals surface area contributed by atoms with E-state index in [4.69, 9.17) is 15.3 Å². The fourth-order valence-electron chi connectivity index (χ4n) is 2.81. The highest BCUT2D eigenvalue weighted by molar-refractivity contribution is 6.24. The highest BCUT2D eigenvalue weighted by Gasteiger charge is 2.61. The van der Waals surface area contributed by atoms with E-state index in [1.54, 1.807) is 6.08 Å². The van der Waals surface area contributed by atoms with Crippen LogP contribution < -0.4 is 0 Å². The first-order chi connectivity index (χ1) is 7.11. The number of carboxylic acids is 1. The third kappa shape index (κ3) is 0.885. The third-order valence-corrected chi connectivity index (χ3v) is 3.43. The number of aliphatic carboxylic acids is 1. The molecular formula is C10H9NO4. The van der Waals surface area contributed by atoms with Crippen molar-refractivity contribution < 1.29 is 19.4 Å². The average molecular weight is 207 g/mol. The van der Waals surface area contributed by atoms with E-state index >= 15 is 0 Å². The van der Waals surface area contributed by atoms with E-state index in [9.17, 15) is 9.59 Å². The molecule has 15 heavy (non-hydrogen) atoms. The molecule has 0 aromatic carbocycles. The number of hydrogen-bond acceptors (Lipinski definition) is 4. The number of Topliss-reactive ketones (excluding diaryl/α,β-unsaturated/α-hetero) is 1. The zero-order valence-electron chi connectivity index (χ0n) is 7.71. The number of carbonyl (C=O) groups excluding carboxylic acids is 1. The normalized spacial score (nSPS) is 46.3. The predicted octanol–water partition coefficient (Wildman–Crippen LogP) is -0.141. The lowest BCUT2D eigenvalue weighted by Gasteiger charge is -2.13. The quantitative estimate of drug-likeness (QED) is 0.462. The highest BCUT2D eigenvalue weighted by Crippen LogP contribution is 2.46. The Morgan fingerprint density at radius 3 is 2.47 bits per heavy atom. The summed E-state index contributed by atoms with van der Waals surface area (Å²) in [7, 11) is 0. The van der Waals surface area contributed by atoms with Crippen LogP contribution >= 0.6 is 0 Å². The second kappa shape index (κ2) is 2.55. The lowest BCUT2D eigenvalue weighted by atomic mass is 9.85. The van der Waals surface area contributed by atoms with E-state index in [0.29, 0.717) is 0 Å². The van der Waals surface area contributed by atoms with Crippen LogP contribution in [0.5, 0.6) is 0 Å². The van der Waals surface area contributed by atoms with Gasteiger partial charge in [-0.25, -0.2) is 0 Å². The van der Waals surface area contributed by atoms with Gasteiger partial charge in [-0.15, -0.1) is 0 Å². The third-order valence-electron chi connectivity index (χ3n) is 3.43. The number of ketones is 1. The van der Waals surface area contributed by atoms with Crippen molar-refractivity contribution in [2.24, 2.45) is 17.8 Å². The molecule has 0 spiro atoms. The molecule has 0 amide bonds. The smallest absolute Gasteiger partial charge is 0.319 e. The number of hydrogen-bond donors (Lipinski definition) is 2. The monoisotopic (exact) mass is 207 g/mol. The molecule has 2 N–H and O–H groups in total. The van der Waals surface area contributed by atoms with Crippen LogP contribution in [0, 0.1) is 23.2 Å². The van der Waals surface area contributed by atoms with Crippen LogP contribution in [0.15, 0.2) is 12.2 Å². The van der Waals surface area contributed by atoms with E-state index in [2.05, 4.69) is 0 Å². The SMILES string of the molecule is N=C1C(C(=O)O)C(=O)C2C3C=CC(O3)C12. The van der Waals surface area contributed by atoms with Gasteiger partial charge in [0.05, 0.1) is 18.1 Å². The highest BCUT2D eigenvalue weighted by atomic mass is 16.5. The van der Waals surface area contributed by atoms with Crippen LogP contribution in [0.4, 0.5) is 0 Å². The van der Waals surface area contributed by atoms with Crippen molar-refractivity contribution in [3.63, 3.8) is 0 Å². The van der Waals surface area contributed by atoms with Crippen molar-refractivity contribution in [1.29, 1.82) is 5.41 Å². The molecule has 78 valence electrons. The summed E-state index contributed by atoms with van der Waals surface area (Å²) < 4.78 is 5.44. The van der Waals surface area contributed by atoms with Gasteiger partial charge in [0.2, 0.25) is 0 Å². The first kappa shape index (κ1) is 8.79. The van der Waals surface area contributed by atoms with E-state index in [0.717, 1.165) is 0 Å². The van der Waals surface area contributed by atoms with Crippen molar-refractivity contribution in [2.75, 3.05) is 0 Å². The van der Waals surface area contributed by atoms with Gasteiger partial charge < -0.3 is 15.3 Å². The van der Waals surface area contributed by atoms with Gasteiger partial charge in [0.25, 0.3) is 0 Å². The second-order valence-corrected chi connectivity index (χ2v) is 4.13. The fourth-order valence-corrected chi connectivity index (χ4v) is 2.81. The molecule has 2 fully saturated rings. The van der Waals surface area contributed by atoms with Crippen molar-refractivity contribution in [1.82, 2.24) is 0 Å². The molecule has 0 aromatic rings. The van der Waals surface area contributed by atoms with Crippen LogP contribution in [0.25, 0.3) is 0 Å². The molecule has 1 saturated carbocycles. The number of rotatable bonds is 1. The van der Waals surface area contributed by atoms with Crippen LogP contribution in [0.1, 0.15) is 0 Å². The zero-order valence-corrected chi connectivity index (χ0v) is 7.71. The first-order valence-corrected chi connectivity index (χ1v) is 4.80. The second-order valence-electron chi connectivity index (χ2n) is 4.13. The lowest BCUT2D eigenvalue weighted by Crippen LogP contribution is -2.29. The minimum absolute atomic E-state index is 0.00866. The predicted molar refractivity (Wildman–Crippen MR) is 48.6 cm³/mol.